The number of hydrogen-bond acceptors (Lipinski definition) is 9. The van der Waals surface area contributed by atoms with Gasteiger partial charge < -0.3 is 29.8 Å². The highest BCUT2D eigenvalue weighted by Crippen LogP contribution is 2.37. The van der Waals surface area contributed by atoms with Gasteiger partial charge in [0.1, 0.15) is 12.1 Å². The van der Waals surface area contributed by atoms with Crippen LogP contribution in [0.5, 0.6) is 11.5 Å². The van der Waals surface area contributed by atoms with Gasteiger partial charge in [-0.25, -0.2) is 4.79 Å². The third-order valence-electron chi connectivity index (χ3n) is 5.04. The van der Waals surface area contributed by atoms with Crippen molar-refractivity contribution in [2.24, 2.45) is 17.6 Å². The number of carbonyl (C=O) groups is 4. The number of benzene rings is 1. The molecule has 3 unspecified atom stereocenters. The number of hydrogen-bond donors (Lipinski definition) is 2. The molecule has 3 N–H and O–H groups in total. The summed E-state index contributed by atoms with van der Waals surface area (Å²) in [6.45, 7) is 9.85. The van der Waals surface area contributed by atoms with Gasteiger partial charge in [0.25, 0.3) is 0 Å². The first-order valence-corrected chi connectivity index (χ1v) is 10.7. The van der Waals surface area contributed by atoms with Crippen LogP contribution in [0, 0.1) is 11.8 Å². The fourth-order valence-corrected chi connectivity index (χ4v) is 3.16. The van der Waals surface area contributed by atoms with Gasteiger partial charge in [0, 0.05) is 25.7 Å². The topological polar surface area (TPSA) is 151 Å². The molecule has 0 aliphatic rings. The van der Waals surface area contributed by atoms with E-state index in [0.29, 0.717) is 17.9 Å². The summed E-state index contributed by atoms with van der Waals surface area (Å²) in [4.78, 5) is 46.6. The Morgan fingerprint density at radius 1 is 0.970 bits per heavy atom. The summed E-state index contributed by atoms with van der Waals surface area (Å²) in [5, 5.41) is 9.57. The molecule has 184 valence electrons. The first-order chi connectivity index (χ1) is 15.3. The number of ether oxygens (including phenoxy) is 4. The number of aliphatic carboxylic acids is 1. The third kappa shape index (κ3) is 9.09. The highest BCUT2D eigenvalue weighted by atomic mass is 16.7. The van der Waals surface area contributed by atoms with Gasteiger partial charge in [0.2, 0.25) is 0 Å². The second-order valence-electron chi connectivity index (χ2n) is 8.25. The molecule has 33 heavy (non-hydrogen) atoms. The fraction of sp³-hybridized carbons (Fsp3) is 0.565. The lowest BCUT2D eigenvalue weighted by Crippen LogP contribution is -2.42. The molecule has 0 aromatic heterocycles. The summed E-state index contributed by atoms with van der Waals surface area (Å²) in [6.07, 6.45) is -0.931. The van der Waals surface area contributed by atoms with Gasteiger partial charge >= 0.3 is 24.1 Å². The minimum absolute atomic E-state index is 0.00483. The van der Waals surface area contributed by atoms with Gasteiger partial charge in [-0.3, -0.25) is 14.4 Å². The number of carbonyl (C=O) groups excluding carboxylic acids is 3. The molecule has 0 radical (unpaired) electrons. The summed E-state index contributed by atoms with van der Waals surface area (Å²) >= 11 is 0. The monoisotopic (exact) mass is 467 g/mol. The maximum absolute atomic E-state index is 12.0. The van der Waals surface area contributed by atoms with Crippen molar-refractivity contribution in [1.29, 1.82) is 0 Å². The Hall–Kier alpha value is -3.14. The molecule has 4 atom stereocenters. The van der Waals surface area contributed by atoms with Crippen molar-refractivity contribution in [3.63, 3.8) is 0 Å². The normalized spacial score (nSPS) is 14.5. The Morgan fingerprint density at radius 3 is 2.06 bits per heavy atom. The lowest BCUT2D eigenvalue weighted by Gasteiger charge is -2.31. The average Bonchev–Trinajstić information content (AvgIpc) is 2.68. The zero-order valence-corrected chi connectivity index (χ0v) is 19.8. The largest absolute Gasteiger partial charge is 0.508 e. The molecule has 0 bridgehead atoms. The minimum atomic E-state index is -1.37. The molecule has 1 rings (SSSR count). The Bertz CT molecular complexity index is 852. The summed E-state index contributed by atoms with van der Waals surface area (Å²) in [6, 6.07) is 2.92. The maximum Gasteiger partial charge on any atom is 0.508 e. The molecule has 0 saturated carbocycles. The van der Waals surface area contributed by atoms with E-state index in [1.165, 1.54) is 32.0 Å². The van der Waals surface area contributed by atoms with Gasteiger partial charge in [-0.05, 0) is 37.0 Å². The molecule has 10 nitrogen and oxygen atoms in total. The van der Waals surface area contributed by atoms with Crippen LogP contribution in [-0.2, 0) is 23.9 Å². The SMILES string of the molecule is CC(=O)Oc1ccc(C(C(C)C(C)OC(=O)OCCC(C)C)[C@H](N)C(=O)O)cc1OC(C)=O. The molecule has 0 amide bonds. The summed E-state index contributed by atoms with van der Waals surface area (Å²) in [5.74, 6) is -3.68. The summed E-state index contributed by atoms with van der Waals surface area (Å²) in [7, 11) is 0. The minimum Gasteiger partial charge on any atom is -0.480 e. The highest BCUT2D eigenvalue weighted by molar-refractivity contribution is 5.76. The van der Waals surface area contributed by atoms with Crippen LogP contribution in [0.4, 0.5) is 4.79 Å². The smallest absolute Gasteiger partial charge is 0.480 e. The van der Waals surface area contributed by atoms with Crippen molar-refractivity contribution in [2.75, 3.05) is 6.61 Å². The Morgan fingerprint density at radius 2 is 1.55 bits per heavy atom. The van der Waals surface area contributed by atoms with Crippen molar-refractivity contribution < 1.29 is 43.2 Å². The standard InChI is InChI=1S/C23H33NO9/c1-12(2)9-10-30-23(29)31-14(4)13(3)20(21(24)22(27)28)17-7-8-18(32-15(5)25)19(11-17)33-16(6)26/h7-8,11-14,20-21H,9-10,24H2,1-6H3,(H,27,28)/t13?,14?,20?,21-/m0/s1. The molecule has 0 saturated heterocycles. The quantitative estimate of drug-likeness (QED) is 0.366. The van der Waals surface area contributed by atoms with Crippen molar-refractivity contribution in [3.05, 3.63) is 23.8 Å². The van der Waals surface area contributed by atoms with Gasteiger partial charge in [-0.15, -0.1) is 0 Å². The van der Waals surface area contributed by atoms with Gasteiger partial charge in [-0.1, -0.05) is 26.8 Å². The molecule has 0 aliphatic heterocycles. The van der Waals surface area contributed by atoms with Crippen LogP contribution < -0.4 is 15.2 Å². The van der Waals surface area contributed by atoms with Crippen LogP contribution in [0.3, 0.4) is 0 Å². The fourth-order valence-electron chi connectivity index (χ4n) is 3.16. The van der Waals surface area contributed by atoms with Gasteiger partial charge in [0.05, 0.1) is 6.61 Å². The van der Waals surface area contributed by atoms with E-state index < -0.39 is 48.0 Å². The zero-order valence-electron chi connectivity index (χ0n) is 19.8. The predicted octanol–water partition coefficient (Wildman–Crippen LogP) is 3.26. The molecule has 0 spiro atoms. The number of rotatable bonds is 11. The van der Waals surface area contributed by atoms with Gasteiger partial charge in [-0.2, -0.15) is 0 Å². The maximum atomic E-state index is 12.0. The molecule has 0 aliphatic carbocycles. The molecule has 1 aromatic carbocycles. The molecule has 0 heterocycles. The Balaban J connectivity index is 3.21. The molecule has 10 heteroatoms. The number of carboxylic acids is 1. The first-order valence-electron chi connectivity index (χ1n) is 10.7. The van der Waals surface area contributed by atoms with Crippen LogP contribution in [0.2, 0.25) is 0 Å². The second-order valence-corrected chi connectivity index (χ2v) is 8.25. The molecule has 1 aromatic rings. The van der Waals surface area contributed by atoms with E-state index >= 15 is 0 Å². The van der Waals surface area contributed by atoms with E-state index in [1.54, 1.807) is 13.8 Å². The van der Waals surface area contributed by atoms with E-state index in [4.69, 9.17) is 24.7 Å². The van der Waals surface area contributed by atoms with Crippen molar-refractivity contribution in [3.8, 4) is 11.5 Å². The van der Waals surface area contributed by atoms with E-state index in [2.05, 4.69) is 0 Å². The Labute approximate surface area is 193 Å². The van der Waals surface area contributed by atoms with Crippen LogP contribution in [-0.4, -0.2) is 47.9 Å². The van der Waals surface area contributed by atoms with Crippen molar-refractivity contribution in [1.82, 2.24) is 0 Å². The van der Waals surface area contributed by atoms with E-state index in [0.717, 1.165) is 0 Å². The average molecular weight is 468 g/mol. The van der Waals surface area contributed by atoms with Crippen LogP contribution >= 0.6 is 0 Å². The summed E-state index contributed by atoms with van der Waals surface area (Å²) < 4.78 is 20.6. The summed E-state index contributed by atoms with van der Waals surface area (Å²) in [5.41, 5.74) is 6.38. The lowest BCUT2D eigenvalue weighted by molar-refractivity contribution is -0.139. The van der Waals surface area contributed by atoms with E-state index in [9.17, 15) is 24.3 Å². The van der Waals surface area contributed by atoms with E-state index in [-0.39, 0.29) is 18.1 Å². The number of esters is 2. The van der Waals surface area contributed by atoms with Crippen molar-refractivity contribution in [2.45, 2.75) is 66.0 Å². The molecule has 0 fully saturated rings. The lowest BCUT2D eigenvalue weighted by atomic mass is 9.79. The van der Waals surface area contributed by atoms with Crippen LogP contribution in [0.25, 0.3) is 0 Å². The second kappa shape index (κ2) is 12.8. The van der Waals surface area contributed by atoms with E-state index in [1.807, 2.05) is 13.8 Å². The highest BCUT2D eigenvalue weighted by Gasteiger charge is 2.36. The molecular weight excluding hydrogens is 434 g/mol. The predicted molar refractivity (Wildman–Crippen MR) is 118 cm³/mol. The first kappa shape index (κ1) is 27.9. The van der Waals surface area contributed by atoms with Crippen LogP contribution in [0.15, 0.2) is 18.2 Å². The van der Waals surface area contributed by atoms with Gasteiger partial charge in [0.15, 0.2) is 11.5 Å². The van der Waals surface area contributed by atoms with Crippen molar-refractivity contribution >= 4 is 24.1 Å². The number of carboxylic acid groups (broad SMARTS) is 1. The third-order valence-corrected chi connectivity index (χ3v) is 5.04. The molecular formula is C23H33NO9. The van der Waals surface area contributed by atoms with Crippen LogP contribution in [0.1, 0.15) is 59.4 Å². The Kier molecular flexibility index (Phi) is 10.8. The number of nitrogens with two attached hydrogens (primary N) is 1. The zero-order chi connectivity index (χ0) is 25.3.